The van der Waals surface area contributed by atoms with Gasteiger partial charge in [-0.1, -0.05) is 37.3 Å². The molecule has 1 aromatic carbocycles. The van der Waals surface area contributed by atoms with Crippen LogP contribution in [0.3, 0.4) is 0 Å². The summed E-state index contributed by atoms with van der Waals surface area (Å²) in [4.78, 5) is 0. The molecule has 0 radical (unpaired) electrons. The standard InChI is InChI=1S/C12H15N3O/c1-2-10(13)12-15-14-11(16-12)8-9-6-4-3-5-7-9/h3-7,10H,2,8,13H2,1H3. The number of nitrogens with two attached hydrogens (primary N) is 1. The highest BCUT2D eigenvalue weighted by molar-refractivity contribution is 5.17. The number of rotatable bonds is 4. The lowest BCUT2D eigenvalue weighted by atomic mass is 10.1. The molecule has 2 N–H and O–H groups in total. The molecule has 0 spiro atoms. The van der Waals surface area contributed by atoms with Gasteiger partial charge in [0.15, 0.2) is 0 Å². The summed E-state index contributed by atoms with van der Waals surface area (Å²) in [5.74, 6) is 1.14. The van der Waals surface area contributed by atoms with Crippen LogP contribution in [0.5, 0.6) is 0 Å². The summed E-state index contributed by atoms with van der Waals surface area (Å²) in [6, 6.07) is 9.87. The number of benzene rings is 1. The van der Waals surface area contributed by atoms with E-state index in [0.717, 1.165) is 12.0 Å². The van der Waals surface area contributed by atoms with Crippen molar-refractivity contribution in [3.63, 3.8) is 0 Å². The molecule has 0 aliphatic carbocycles. The Kier molecular flexibility index (Phi) is 3.31. The van der Waals surface area contributed by atoms with E-state index in [0.29, 0.717) is 18.2 Å². The summed E-state index contributed by atoms with van der Waals surface area (Å²) in [6.45, 7) is 1.99. The molecule has 1 atom stereocenters. The zero-order valence-corrected chi connectivity index (χ0v) is 9.26. The third-order valence-electron chi connectivity index (χ3n) is 2.44. The maximum Gasteiger partial charge on any atom is 0.233 e. The van der Waals surface area contributed by atoms with E-state index in [9.17, 15) is 0 Å². The first kappa shape index (κ1) is 10.8. The van der Waals surface area contributed by atoms with Gasteiger partial charge in [0.1, 0.15) is 0 Å². The highest BCUT2D eigenvalue weighted by Crippen LogP contribution is 2.14. The quantitative estimate of drug-likeness (QED) is 0.851. The lowest BCUT2D eigenvalue weighted by molar-refractivity contribution is 0.418. The maximum atomic E-state index is 5.80. The zero-order chi connectivity index (χ0) is 11.4. The molecule has 1 heterocycles. The van der Waals surface area contributed by atoms with Crippen molar-refractivity contribution >= 4 is 0 Å². The summed E-state index contributed by atoms with van der Waals surface area (Å²) < 4.78 is 5.49. The Morgan fingerprint density at radius 1 is 1.25 bits per heavy atom. The number of aromatic nitrogens is 2. The van der Waals surface area contributed by atoms with E-state index >= 15 is 0 Å². The molecular weight excluding hydrogens is 202 g/mol. The van der Waals surface area contributed by atoms with E-state index in [1.54, 1.807) is 0 Å². The number of hydrogen-bond donors (Lipinski definition) is 1. The van der Waals surface area contributed by atoms with Crippen LogP contribution in [-0.2, 0) is 6.42 Å². The predicted molar refractivity (Wildman–Crippen MR) is 60.8 cm³/mol. The van der Waals surface area contributed by atoms with Gasteiger partial charge in [0, 0.05) is 0 Å². The Morgan fingerprint density at radius 3 is 2.69 bits per heavy atom. The topological polar surface area (TPSA) is 64.9 Å². The van der Waals surface area contributed by atoms with Gasteiger partial charge in [-0.15, -0.1) is 10.2 Å². The number of nitrogens with zero attached hydrogens (tertiary/aromatic N) is 2. The van der Waals surface area contributed by atoms with Crippen LogP contribution in [0.25, 0.3) is 0 Å². The average Bonchev–Trinajstić information content (AvgIpc) is 2.78. The van der Waals surface area contributed by atoms with Gasteiger partial charge >= 0.3 is 0 Å². The fourth-order valence-corrected chi connectivity index (χ4v) is 1.43. The lowest BCUT2D eigenvalue weighted by Gasteiger charge is -2.00. The molecule has 84 valence electrons. The molecule has 0 aliphatic rings. The van der Waals surface area contributed by atoms with Gasteiger partial charge in [-0.25, -0.2) is 0 Å². The molecule has 0 fully saturated rings. The van der Waals surface area contributed by atoms with Crippen molar-refractivity contribution in [3.8, 4) is 0 Å². The summed E-state index contributed by atoms with van der Waals surface area (Å²) in [5.41, 5.74) is 6.96. The largest absolute Gasteiger partial charge is 0.423 e. The van der Waals surface area contributed by atoms with Gasteiger partial charge < -0.3 is 10.2 Å². The summed E-state index contributed by atoms with van der Waals surface area (Å²) >= 11 is 0. The molecule has 1 aromatic heterocycles. The van der Waals surface area contributed by atoms with Crippen LogP contribution >= 0.6 is 0 Å². The molecule has 4 nitrogen and oxygen atoms in total. The minimum atomic E-state index is -0.156. The van der Waals surface area contributed by atoms with Gasteiger partial charge in [-0.3, -0.25) is 0 Å². The molecule has 2 aromatic rings. The monoisotopic (exact) mass is 217 g/mol. The maximum absolute atomic E-state index is 5.80. The third-order valence-corrected chi connectivity index (χ3v) is 2.44. The first-order valence-electron chi connectivity index (χ1n) is 5.41. The molecule has 0 bridgehead atoms. The Bertz CT molecular complexity index is 439. The van der Waals surface area contributed by atoms with E-state index in [1.165, 1.54) is 0 Å². The van der Waals surface area contributed by atoms with Crippen molar-refractivity contribution in [3.05, 3.63) is 47.7 Å². The van der Waals surface area contributed by atoms with Crippen LogP contribution in [0.1, 0.15) is 36.7 Å². The van der Waals surface area contributed by atoms with Crippen molar-refractivity contribution in [2.24, 2.45) is 5.73 Å². The molecule has 1 unspecified atom stereocenters. The normalized spacial score (nSPS) is 12.6. The highest BCUT2D eigenvalue weighted by Gasteiger charge is 2.12. The van der Waals surface area contributed by atoms with Gasteiger partial charge in [0.25, 0.3) is 0 Å². The molecule has 0 aliphatic heterocycles. The first-order chi connectivity index (χ1) is 7.79. The van der Waals surface area contributed by atoms with Gasteiger partial charge in [0.05, 0.1) is 12.5 Å². The summed E-state index contributed by atoms with van der Waals surface area (Å²) in [7, 11) is 0. The van der Waals surface area contributed by atoms with Crippen molar-refractivity contribution < 1.29 is 4.42 Å². The van der Waals surface area contributed by atoms with Crippen LogP contribution in [0.4, 0.5) is 0 Å². The average molecular weight is 217 g/mol. The molecule has 0 amide bonds. The SMILES string of the molecule is CCC(N)c1nnc(Cc2ccccc2)o1. The van der Waals surface area contributed by atoms with Crippen LogP contribution in [0.2, 0.25) is 0 Å². The molecule has 16 heavy (non-hydrogen) atoms. The third kappa shape index (κ3) is 2.46. The van der Waals surface area contributed by atoms with Gasteiger partial charge in [0.2, 0.25) is 11.8 Å². The van der Waals surface area contributed by atoms with Crippen molar-refractivity contribution in [1.29, 1.82) is 0 Å². The molecule has 0 saturated carbocycles. The number of hydrogen-bond acceptors (Lipinski definition) is 4. The zero-order valence-electron chi connectivity index (χ0n) is 9.26. The van der Waals surface area contributed by atoms with Crippen LogP contribution in [0, 0.1) is 0 Å². The Hall–Kier alpha value is -1.68. The lowest BCUT2D eigenvalue weighted by Crippen LogP contribution is -2.08. The van der Waals surface area contributed by atoms with Crippen LogP contribution < -0.4 is 5.73 Å². The van der Waals surface area contributed by atoms with Gasteiger partial charge in [-0.2, -0.15) is 0 Å². The second kappa shape index (κ2) is 4.90. The smallest absolute Gasteiger partial charge is 0.233 e. The Balaban J connectivity index is 2.09. The highest BCUT2D eigenvalue weighted by atomic mass is 16.4. The van der Waals surface area contributed by atoms with Gasteiger partial charge in [-0.05, 0) is 12.0 Å². The van der Waals surface area contributed by atoms with E-state index in [4.69, 9.17) is 10.2 Å². The molecule has 4 heteroatoms. The molecule has 2 rings (SSSR count). The van der Waals surface area contributed by atoms with Crippen LogP contribution in [-0.4, -0.2) is 10.2 Å². The van der Waals surface area contributed by atoms with E-state index in [-0.39, 0.29) is 6.04 Å². The summed E-state index contributed by atoms with van der Waals surface area (Å²) in [6.07, 6.45) is 1.46. The predicted octanol–water partition coefficient (Wildman–Crippen LogP) is 2.07. The Labute approximate surface area is 94.5 Å². The second-order valence-electron chi connectivity index (χ2n) is 3.71. The van der Waals surface area contributed by atoms with Crippen LogP contribution in [0.15, 0.2) is 34.7 Å². The molecular formula is C12H15N3O. The summed E-state index contributed by atoms with van der Waals surface area (Å²) in [5, 5.41) is 7.93. The minimum absolute atomic E-state index is 0.156. The second-order valence-corrected chi connectivity index (χ2v) is 3.71. The van der Waals surface area contributed by atoms with Crippen molar-refractivity contribution in [2.45, 2.75) is 25.8 Å². The first-order valence-corrected chi connectivity index (χ1v) is 5.41. The van der Waals surface area contributed by atoms with E-state index < -0.39 is 0 Å². The van der Waals surface area contributed by atoms with E-state index in [1.807, 2.05) is 37.3 Å². The fraction of sp³-hybridized carbons (Fsp3) is 0.333. The molecule has 0 saturated heterocycles. The minimum Gasteiger partial charge on any atom is -0.423 e. The Morgan fingerprint density at radius 2 is 2.00 bits per heavy atom. The van der Waals surface area contributed by atoms with Crippen molar-refractivity contribution in [1.82, 2.24) is 10.2 Å². The van der Waals surface area contributed by atoms with E-state index in [2.05, 4.69) is 10.2 Å². The van der Waals surface area contributed by atoms with Crippen molar-refractivity contribution in [2.75, 3.05) is 0 Å². The fourth-order valence-electron chi connectivity index (χ4n) is 1.43.